The number of carbonyl (C=O) groups excluding carboxylic acids is 1. The van der Waals surface area contributed by atoms with E-state index < -0.39 is 0 Å². The number of hydrogen-bond acceptors (Lipinski definition) is 4. The first-order chi connectivity index (χ1) is 8.79. The van der Waals surface area contributed by atoms with Gasteiger partial charge in [0.25, 0.3) is 0 Å². The van der Waals surface area contributed by atoms with E-state index >= 15 is 0 Å². The van der Waals surface area contributed by atoms with Crippen LogP contribution in [0.4, 0.5) is 0 Å². The van der Waals surface area contributed by atoms with Gasteiger partial charge in [0.1, 0.15) is 0 Å². The van der Waals surface area contributed by atoms with Crippen molar-refractivity contribution < 1.29 is 9.53 Å². The Morgan fingerprint density at radius 2 is 1.94 bits per heavy atom. The summed E-state index contributed by atoms with van der Waals surface area (Å²) in [5, 5.41) is 8.48. The average Bonchev–Trinajstić information content (AvgIpc) is 2.41. The van der Waals surface area contributed by atoms with E-state index in [2.05, 4.69) is 4.90 Å². The third-order valence-corrected chi connectivity index (χ3v) is 3.03. The summed E-state index contributed by atoms with van der Waals surface area (Å²) in [6, 6.07) is 9.39. The van der Waals surface area contributed by atoms with Crippen molar-refractivity contribution in [3.63, 3.8) is 0 Å². The molecule has 1 fully saturated rings. The third-order valence-electron chi connectivity index (χ3n) is 3.03. The molecule has 0 N–H and O–H groups in total. The predicted octanol–water partition coefficient (Wildman–Crippen LogP) is 1.62. The van der Waals surface area contributed by atoms with Crippen LogP contribution >= 0.6 is 0 Å². The van der Waals surface area contributed by atoms with Gasteiger partial charge in [0, 0.05) is 25.2 Å². The molecule has 4 heteroatoms. The number of nitrogens with zero attached hydrogens (tertiary/aromatic N) is 2. The molecule has 0 amide bonds. The molecule has 1 aromatic carbocycles. The molecule has 0 saturated carbocycles. The molecule has 94 valence electrons. The van der Waals surface area contributed by atoms with Crippen LogP contribution in [0.1, 0.15) is 22.3 Å². The first-order valence-corrected chi connectivity index (χ1v) is 6.09. The quantitative estimate of drug-likeness (QED) is 0.755. The van der Waals surface area contributed by atoms with Gasteiger partial charge in [-0.15, -0.1) is 0 Å². The van der Waals surface area contributed by atoms with Gasteiger partial charge in [-0.3, -0.25) is 9.69 Å². The van der Waals surface area contributed by atoms with Gasteiger partial charge in [-0.2, -0.15) is 5.26 Å². The van der Waals surface area contributed by atoms with Crippen LogP contribution < -0.4 is 0 Å². The molecule has 0 aliphatic carbocycles. The van der Waals surface area contributed by atoms with Gasteiger partial charge >= 0.3 is 0 Å². The molecule has 1 aromatic rings. The molecular formula is C14H16N2O2. The van der Waals surface area contributed by atoms with Crippen molar-refractivity contribution in [1.29, 1.82) is 5.26 Å². The van der Waals surface area contributed by atoms with Crippen LogP contribution in [0, 0.1) is 11.3 Å². The van der Waals surface area contributed by atoms with Gasteiger partial charge in [-0.05, 0) is 5.56 Å². The Morgan fingerprint density at radius 3 is 2.56 bits per heavy atom. The molecule has 18 heavy (non-hydrogen) atoms. The Kier molecular flexibility index (Phi) is 4.46. The minimum Gasteiger partial charge on any atom is -0.379 e. The summed E-state index contributed by atoms with van der Waals surface area (Å²) in [5.41, 5.74) is 1.80. The Hall–Kier alpha value is -1.70. The lowest BCUT2D eigenvalue weighted by atomic mass is 10.1. The van der Waals surface area contributed by atoms with Crippen LogP contribution in [0.2, 0.25) is 0 Å². The second-order valence-corrected chi connectivity index (χ2v) is 4.34. The molecule has 0 atom stereocenters. The fourth-order valence-corrected chi connectivity index (χ4v) is 1.99. The topological polar surface area (TPSA) is 53.3 Å². The Bertz CT molecular complexity index is 442. The van der Waals surface area contributed by atoms with E-state index in [1.165, 1.54) is 5.56 Å². The van der Waals surface area contributed by atoms with Gasteiger partial charge in [0.05, 0.1) is 25.7 Å². The number of ether oxygens (including phenoxy) is 1. The van der Waals surface area contributed by atoms with Crippen LogP contribution in [0.3, 0.4) is 0 Å². The Morgan fingerprint density at radius 1 is 1.28 bits per heavy atom. The van der Waals surface area contributed by atoms with Crippen molar-refractivity contribution in [2.45, 2.75) is 13.0 Å². The number of hydrogen-bond donors (Lipinski definition) is 0. The molecule has 1 aliphatic rings. The monoisotopic (exact) mass is 244 g/mol. The van der Waals surface area contributed by atoms with Crippen molar-refractivity contribution in [3.05, 3.63) is 35.4 Å². The number of carbonyl (C=O) groups is 1. The summed E-state index contributed by atoms with van der Waals surface area (Å²) in [5.74, 6) is -0.115. The summed E-state index contributed by atoms with van der Waals surface area (Å²) in [7, 11) is 0. The normalized spacial score (nSPS) is 16.2. The SMILES string of the molecule is N#CCC(=O)c1ccc(CN2CCOCC2)cc1. The highest BCUT2D eigenvalue weighted by Gasteiger charge is 2.11. The first-order valence-electron chi connectivity index (χ1n) is 6.09. The van der Waals surface area contributed by atoms with E-state index in [0.717, 1.165) is 32.8 Å². The Balaban J connectivity index is 1.95. The van der Waals surface area contributed by atoms with E-state index in [0.29, 0.717) is 5.56 Å². The zero-order chi connectivity index (χ0) is 12.8. The summed E-state index contributed by atoms with van der Waals surface area (Å²) < 4.78 is 5.30. The number of rotatable bonds is 4. The van der Waals surface area contributed by atoms with E-state index in [4.69, 9.17) is 10.00 Å². The molecular weight excluding hydrogens is 228 g/mol. The largest absolute Gasteiger partial charge is 0.379 e. The van der Waals surface area contributed by atoms with Gasteiger partial charge in [-0.1, -0.05) is 24.3 Å². The summed E-state index contributed by atoms with van der Waals surface area (Å²) >= 11 is 0. The Labute approximate surface area is 107 Å². The molecule has 0 unspecified atom stereocenters. The van der Waals surface area contributed by atoms with Crippen LogP contribution in [-0.2, 0) is 11.3 Å². The van der Waals surface area contributed by atoms with E-state index in [1.807, 2.05) is 18.2 Å². The number of morpholine rings is 1. The fraction of sp³-hybridized carbons (Fsp3) is 0.429. The van der Waals surface area contributed by atoms with Crippen LogP contribution in [-0.4, -0.2) is 37.0 Å². The molecule has 0 aromatic heterocycles. The van der Waals surface area contributed by atoms with Gasteiger partial charge in [0.2, 0.25) is 0 Å². The number of benzene rings is 1. The highest BCUT2D eigenvalue weighted by Crippen LogP contribution is 2.10. The van der Waals surface area contributed by atoms with Crippen LogP contribution in [0.5, 0.6) is 0 Å². The number of ketones is 1. The maximum absolute atomic E-state index is 11.5. The van der Waals surface area contributed by atoms with Crippen molar-refractivity contribution in [1.82, 2.24) is 4.90 Å². The van der Waals surface area contributed by atoms with Gasteiger partial charge in [0.15, 0.2) is 5.78 Å². The van der Waals surface area contributed by atoms with Crippen LogP contribution in [0.25, 0.3) is 0 Å². The zero-order valence-electron chi connectivity index (χ0n) is 10.3. The summed E-state index contributed by atoms with van der Waals surface area (Å²) in [6.07, 6.45) is -0.0528. The molecule has 0 radical (unpaired) electrons. The lowest BCUT2D eigenvalue weighted by molar-refractivity contribution is 0.0342. The molecule has 2 rings (SSSR count). The second kappa shape index (κ2) is 6.29. The lowest BCUT2D eigenvalue weighted by Crippen LogP contribution is -2.35. The van der Waals surface area contributed by atoms with Crippen LogP contribution in [0.15, 0.2) is 24.3 Å². The van der Waals surface area contributed by atoms with Gasteiger partial charge < -0.3 is 4.74 Å². The maximum atomic E-state index is 11.5. The summed E-state index contributed by atoms with van der Waals surface area (Å²) in [4.78, 5) is 13.8. The molecule has 1 heterocycles. The molecule has 4 nitrogen and oxygen atoms in total. The highest BCUT2D eigenvalue weighted by molar-refractivity contribution is 5.97. The van der Waals surface area contributed by atoms with Crippen molar-refractivity contribution in [2.75, 3.05) is 26.3 Å². The predicted molar refractivity (Wildman–Crippen MR) is 67.1 cm³/mol. The first kappa shape index (κ1) is 12.7. The van der Waals surface area contributed by atoms with Crippen molar-refractivity contribution >= 4 is 5.78 Å². The molecule has 0 spiro atoms. The maximum Gasteiger partial charge on any atom is 0.176 e. The fourth-order valence-electron chi connectivity index (χ4n) is 1.99. The molecule has 1 saturated heterocycles. The second-order valence-electron chi connectivity index (χ2n) is 4.34. The lowest BCUT2D eigenvalue weighted by Gasteiger charge is -2.26. The van der Waals surface area contributed by atoms with E-state index in [-0.39, 0.29) is 12.2 Å². The number of Topliss-reactive ketones (excluding diaryl/α,β-unsaturated/α-hetero) is 1. The van der Waals surface area contributed by atoms with E-state index in [1.54, 1.807) is 12.1 Å². The smallest absolute Gasteiger partial charge is 0.176 e. The standard InChI is InChI=1S/C14H16N2O2/c15-6-5-14(17)13-3-1-12(2-4-13)11-16-7-9-18-10-8-16/h1-4H,5,7-11H2. The van der Waals surface area contributed by atoms with E-state index in [9.17, 15) is 4.79 Å². The number of nitriles is 1. The van der Waals surface area contributed by atoms with Crippen molar-refractivity contribution in [3.8, 4) is 6.07 Å². The van der Waals surface area contributed by atoms with Gasteiger partial charge in [-0.25, -0.2) is 0 Å². The average molecular weight is 244 g/mol. The van der Waals surface area contributed by atoms with Crippen molar-refractivity contribution in [2.24, 2.45) is 0 Å². The minimum atomic E-state index is -0.115. The summed E-state index contributed by atoms with van der Waals surface area (Å²) in [6.45, 7) is 4.37. The molecule has 1 aliphatic heterocycles. The minimum absolute atomic E-state index is 0.0528. The molecule has 0 bridgehead atoms. The highest BCUT2D eigenvalue weighted by atomic mass is 16.5. The third kappa shape index (κ3) is 3.39. The zero-order valence-corrected chi connectivity index (χ0v) is 10.3.